The van der Waals surface area contributed by atoms with Crippen LogP contribution in [0.3, 0.4) is 0 Å². The lowest BCUT2D eigenvalue weighted by Gasteiger charge is -2.59. The van der Waals surface area contributed by atoms with Gasteiger partial charge < -0.3 is 5.73 Å². The summed E-state index contributed by atoms with van der Waals surface area (Å²) in [6, 6.07) is -1.23. The van der Waals surface area contributed by atoms with Crippen LogP contribution in [-0.2, 0) is 19.5 Å². The molecule has 1 rings (SSSR count). The molecule has 0 aliphatic carbocycles. The lowest BCUT2D eigenvalue weighted by Crippen LogP contribution is -2.80. The number of nitrogens with two attached hydrogens (primary N) is 1. The lowest BCUT2D eigenvalue weighted by atomic mass is 9.33. The van der Waals surface area contributed by atoms with E-state index in [1.54, 1.807) is 0 Å². The standard InChI is InChI=1S/C5H7B3N2O5S/c1-4(5(6,7)8)2(9)3(11)10(4)15-16(12,13)14/h2H,9H2,1H3,(H,12,13,14)/t2-,4-/m1/s1. The topological polar surface area (TPSA) is 110 Å². The molecule has 7 nitrogen and oxygen atoms in total. The molecule has 1 fully saturated rings. The van der Waals surface area contributed by atoms with E-state index in [0.717, 1.165) is 0 Å². The van der Waals surface area contributed by atoms with Crippen molar-refractivity contribution in [2.45, 2.75) is 23.6 Å². The normalized spacial score (nSPS) is 31.3. The minimum atomic E-state index is -4.89. The molecule has 82 valence electrons. The monoisotopic (exact) mass is 240 g/mol. The first kappa shape index (κ1) is 13.6. The fourth-order valence-corrected chi connectivity index (χ4v) is 1.73. The van der Waals surface area contributed by atoms with Gasteiger partial charge >= 0.3 is 10.4 Å². The maximum Gasteiger partial charge on any atom is 0.418 e. The number of hydrogen-bond donors (Lipinski definition) is 2. The summed E-state index contributed by atoms with van der Waals surface area (Å²) < 4.78 is 33.4. The van der Waals surface area contributed by atoms with Crippen molar-refractivity contribution in [3.05, 3.63) is 0 Å². The second-order valence-electron chi connectivity index (χ2n) is 3.69. The van der Waals surface area contributed by atoms with Crippen LogP contribution >= 0.6 is 0 Å². The van der Waals surface area contributed by atoms with Gasteiger partial charge in [-0.15, -0.1) is 9.40 Å². The zero-order chi connectivity index (χ0) is 12.9. The number of amides is 1. The predicted octanol–water partition coefficient (Wildman–Crippen LogP) is -2.77. The molecule has 3 N–H and O–H groups in total. The van der Waals surface area contributed by atoms with Crippen molar-refractivity contribution >= 4 is 39.8 Å². The van der Waals surface area contributed by atoms with Crippen molar-refractivity contribution in [2.75, 3.05) is 0 Å². The van der Waals surface area contributed by atoms with Gasteiger partial charge in [-0.1, -0.05) is 0 Å². The first-order chi connectivity index (χ1) is 6.91. The highest BCUT2D eigenvalue weighted by Gasteiger charge is 2.62. The molecule has 6 radical (unpaired) electrons. The smallest absolute Gasteiger partial charge is 0.318 e. The molecule has 0 aromatic carbocycles. The minimum absolute atomic E-state index is 0.243. The summed E-state index contributed by atoms with van der Waals surface area (Å²) in [6.07, 6.45) is 0. The van der Waals surface area contributed by atoms with E-state index in [9.17, 15) is 13.2 Å². The first-order valence-corrected chi connectivity index (χ1v) is 5.41. The number of hydrogen-bond acceptors (Lipinski definition) is 5. The molecule has 0 aromatic rings. The quantitative estimate of drug-likeness (QED) is 0.313. The fraction of sp³-hybridized carbons (Fsp3) is 0.800. The van der Waals surface area contributed by atoms with Crippen LogP contribution in [0.2, 0.25) is 5.11 Å². The Morgan fingerprint density at radius 2 is 2.00 bits per heavy atom. The van der Waals surface area contributed by atoms with Gasteiger partial charge in [-0.05, 0) is 6.92 Å². The first-order valence-electron chi connectivity index (χ1n) is 4.04. The van der Waals surface area contributed by atoms with Crippen LogP contribution in [0.1, 0.15) is 6.92 Å². The minimum Gasteiger partial charge on any atom is -0.318 e. The summed E-state index contributed by atoms with van der Waals surface area (Å²) >= 11 is 0. The van der Waals surface area contributed by atoms with Crippen LogP contribution in [0.15, 0.2) is 0 Å². The lowest BCUT2D eigenvalue weighted by molar-refractivity contribution is -0.218. The zero-order valence-electron chi connectivity index (χ0n) is 8.32. The van der Waals surface area contributed by atoms with Gasteiger partial charge in [-0.3, -0.25) is 9.35 Å². The third kappa shape index (κ3) is 1.88. The molecular formula is C5H7B3N2O5S. The Morgan fingerprint density at radius 3 is 2.31 bits per heavy atom. The van der Waals surface area contributed by atoms with E-state index in [-0.39, 0.29) is 5.06 Å². The fourth-order valence-electron chi connectivity index (χ4n) is 1.31. The molecule has 11 heteroatoms. The van der Waals surface area contributed by atoms with E-state index in [1.807, 2.05) is 0 Å². The maximum atomic E-state index is 11.2. The Kier molecular flexibility index (Phi) is 2.96. The number of carbonyl (C=O) groups excluding carboxylic acids is 1. The van der Waals surface area contributed by atoms with Crippen molar-refractivity contribution in [1.82, 2.24) is 5.06 Å². The number of rotatable bonds is 3. The molecule has 0 unspecified atom stereocenters. The Hall–Kier alpha value is -0.505. The Balaban J connectivity index is 3.06. The Labute approximate surface area is 96.8 Å². The van der Waals surface area contributed by atoms with E-state index in [0.29, 0.717) is 0 Å². The van der Waals surface area contributed by atoms with Crippen molar-refractivity contribution in [1.29, 1.82) is 0 Å². The largest absolute Gasteiger partial charge is 0.418 e. The third-order valence-electron chi connectivity index (χ3n) is 2.54. The van der Waals surface area contributed by atoms with Gasteiger partial charge in [0.2, 0.25) is 0 Å². The number of hydroxylamine groups is 2. The molecular weight excluding hydrogens is 233 g/mol. The van der Waals surface area contributed by atoms with E-state index >= 15 is 0 Å². The maximum absolute atomic E-state index is 11.2. The van der Waals surface area contributed by atoms with Crippen LogP contribution in [0.25, 0.3) is 0 Å². The van der Waals surface area contributed by atoms with Crippen LogP contribution in [0.5, 0.6) is 0 Å². The second-order valence-corrected chi connectivity index (χ2v) is 4.70. The summed E-state index contributed by atoms with van der Waals surface area (Å²) in [5.41, 5.74) is 3.76. The molecule has 1 aliphatic heterocycles. The molecule has 1 amide bonds. The van der Waals surface area contributed by atoms with Gasteiger partial charge in [-0.2, -0.15) is 13.5 Å². The predicted molar refractivity (Wildman–Crippen MR) is 55.8 cm³/mol. The van der Waals surface area contributed by atoms with E-state index in [4.69, 9.17) is 33.8 Å². The number of β-lactam (4-membered cyclic amide) rings is 1. The van der Waals surface area contributed by atoms with Crippen LogP contribution in [0.4, 0.5) is 0 Å². The average Bonchev–Trinajstić information content (AvgIpc) is 2.08. The SMILES string of the molecule is [B]C([B])([B])[C@@]1(C)[C@H](N)C(=O)N1OS(=O)(=O)O. The summed E-state index contributed by atoms with van der Waals surface area (Å²) in [7, 11) is 11.2. The van der Waals surface area contributed by atoms with Crippen molar-refractivity contribution in [3.8, 4) is 0 Å². The highest BCUT2D eigenvalue weighted by Crippen LogP contribution is 2.44. The summed E-state index contributed by atoms with van der Waals surface area (Å²) in [4.78, 5) is 11.2. The summed E-state index contributed by atoms with van der Waals surface area (Å²) in [5.74, 6) is -0.911. The molecule has 1 heterocycles. The van der Waals surface area contributed by atoms with Crippen LogP contribution in [0, 0.1) is 0 Å². The van der Waals surface area contributed by atoms with E-state index in [2.05, 4.69) is 4.28 Å². The molecule has 0 aromatic heterocycles. The van der Waals surface area contributed by atoms with Gasteiger partial charge in [0.25, 0.3) is 5.91 Å². The van der Waals surface area contributed by atoms with Crippen LogP contribution < -0.4 is 5.73 Å². The molecule has 1 aliphatic rings. The van der Waals surface area contributed by atoms with Gasteiger partial charge in [0.05, 0.1) is 29.1 Å². The number of carbonyl (C=O) groups is 1. The van der Waals surface area contributed by atoms with Crippen molar-refractivity contribution in [2.24, 2.45) is 5.73 Å². The highest BCUT2D eigenvalue weighted by molar-refractivity contribution is 7.80. The summed E-state index contributed by atoms with van der Waals surface area (Å²) in [6.45, 7) is 1.23. The molecule has 0 bridgehead atoms. The Morgan fingerprint density at radius 1 is 1.56 bits per heavy atom. The van der Waals surface area contributed by atoms with E-state index in [1.165, 1.54) is 6.92 Å². The zero-order valence-corrected chi connectivity index (χ0v) is 9.14. The molecule has 2 atom stereocenters. The van der Waals surface area contributed by atoms with Gasteiger partial charge in [0.1, 0.15) is 6.04 Å². The average molecular weight is 240 g/mol. The third-order valence-corrected chi connectivity index (χ3v) is 2.88. The van der Waals surface area contributed by atoms with Crippen molar-refractivity contribution in [3.63, 3.8) is 0 Å². The van der Waals surface area contributed by atoms with Crippen LogP contribution in [-0.4, -0.2) is 59.1 Å². The van der Waals surface area contributed by atoms with Gasteiger partial charge in [-0.25, -0.2) is 0 Å². The second kappa shape index (κ2) is 3.49. The highest BCUT2D eigenvalue weighted by atomic mass is 32.3. The van der Waals surface area contributed by atoms with Crippen molar-refractivity contribution < 1.29 is 22.0 Å². The molecule has 1 saturated heterocycles. The van der Waals surface area contributed by atoms with E-state index < -0.39 is 33.0 Å². The Bertz CT molecular complexity index is 420. The molecule has 0 saturated carbocycles. The van der Waals surface area contributed by atoms with Gasteiger partial charge in [0, 0.05) is 0 Å². The van der Waals surface area contributed by atoms with Gasteiger partial charge in [0.15, 0.2) is 0 Å². The summed E-state index contributed by atoms with van der Waals surface area (Å²) in [5, 5.41) is -1.75. The molecule has 0 spiro atoms. The number of nitrogens with zero attached hydrogens (tertiary/aromatic N) is 1. The molecule has 16 heavy (non-hydrogen) atoms.